The van der Waals surface area contributed by atoms with Gasteiger partial charge in [-0.15, -0.1) is 0 Å². The molecule has 0 aromatic heterocycles. The van der Waals surface area contributed by atoms with E-state index in [2.05, 4.69) is 13.8 Å². The molecule has 0 heterocycles. The van der Waals surface area contributed by atoms with Gasteiger partial charge in [-0.2, -0.15) is 0 Å². The molecule has 10 heavy (non-hydrogen) atoms. The second-order valence-electron chi connectivity index (χ2n) is 3.74. The average Bonchev–Trinajstić information content (AvgIpc) is 2.37. The minimum atomic E-state index is 1.08. The molecule has 1 rings (SSSR count). The van der Waals surface area contributed by atoms with Crippen LogP contribution in [0, 0.1) is 11.8 Å². The Bertz CT molecular complexity index is 86.0. The van der Waals surface area contributed by atoms with Crippen molar-refractivity contribution in [2.75, 3.05) is 0 Å². The van der Waals surface area contributed by atoms with E-state index in [1.165, 1.54) is 38.5 Å². The van der Waals surface area contributed by atoms with Gasteiger partial charge in [0.15, 0.2) is 0 Å². The molecule has 0 nitrogen and oxygen atoms in total. The lowest BCUT2D eigenvalue weighted by atomic mass is 9.99. The Balaban J connectivity index is 2.15. The van der Waals surface area contributed by atoms with Gasteiger partial charge in [0, 0.05) is 0 Å². The van der Waals surface area contributed by atoms with Crippen LogP contribution < -0.4 is 0 Å². The van der Waals surface area contributed by atoms with Crippen molar-refractivity contribution in [1.82, 2.24) is 0 Å². The van der Waals surface area contributed by atoms with E-state index in [9.17, 15) is 0 Å². The van der Waals surface area contributed by atoms with E-state index in [4.69, 9.17) is 0 Å². The first-order valence-corrected chi connectivity index (χ1v) is 4.86. The van der Waals surface area contributed by atoms with Crippen molar-refractivity contribution >= 4 is 0 Å². The van der Waals surface area contributed by atoms with Crippen molar-refractivity contribution in [2.45, 2.75) is 52.4 Å². The molecule has 0 heteroatoms. The summed E-state index contributed by atoms with van der Waals surface area (Å²) in [6, 6.07) is 0. The largest absolute Gasteiger partial charge is 0.0654 e. The van der Waals surface area contributed by atoms with Crippen LogP contribution in [-0.4, -0.2) is 0 Å². The summed E-state index contributed by atoms with van der Waals surface area (Å²) in [6.45, 7) is 4.64. The maximum Gasteiger partial charge on any atom is -0.0412 e. The van der Waals surface area contributed by atoms with Gasteiger partial charge in [-0.1, -0.05) is 46.0 Å². The Morgan fingerprint density at radius 2 is 1.80 bits per heavy atom. The number of hydrogen-bond acceptors (Lipinski definition) is 0. The molecule has 1 aliphatic rings. The third-order valence-corrected chi connectivity index (χ3v) is 2.92. The topological polar surface area (TPSA) is 0 Å². The zero-order valence-corrected chi connectivity index (χ0v) is 7.40. The molecule has 0 spiro atoms. The van der Waals surface area contributed by atoms with Gasteiger partial charge < -0.3 is 0 Å². The summed E-state index contributed by atoms with van der Waals surface area (Å²) in [4.78, 5) is 0. The van der Waals surface area contributed by atoms with Crippen molar-refractivity contribution in [2.24, 2.45) is 11.8 Å². The lowest BCUT2D eigenvalue weighted by Gasteiger charge is -2.07. The molecule has 0 aromatic rings. The van der Waals surface area contributed by atoms with Gasteiger partial charge in [0.1, 0.15) is 0 Å². The first kappa shape index (κ1) is 8.10. The predicted octanol–water partition coefficient (Wildman–Crippen LogP) is 3.61. The molecule has 60 valence electrons. The fraction of sp³-hybridized carbons (Fsp3) is 1.00. The van der Waals surface area contributed by atoms with E-state index in [0.717, 1.165) is 11.8 Å². The molecule has 0 bridgehead atoms. The van der Waals surface area contributed by atoms with E-state index >= 15 is 0 Å². The highest BCUT2D eigenvalue weighted by Crippen LogP contribution is 2.35. The maximum absolute atomic E-state index is 2.33. The summed E-state index contributed by atoms with van der Waals surface area (Å²) >= 11 is 0. The molecule has 0 radical (unpaired) electrons. The minimum Gasteiger partial charge on any atom is -0.0654 e. The summed E-state index contributed by atoms with van der Waals surface area (Å²) in [6.07, 6.45) is 8.86. The van der Waals surface area contributed by atoms with Gasteiger partial charge in [-0.3, -0.25) is 0 Å². The third-order valence-electron chi connectivity index (χ3n) is 2.92. The van der Waals surface area contributed by atoms with Crippen LogP contribution in [0.15, 0.2) is 0 Å². The highest BCUT2D eigenvalue weighted by atomic mass is 14.3. The van der Waals surface area contributed by atoms with Crippen molar-refractivity contribution in [3.63, 3.8) is 0 Å². The summed E-state index contributed by atoms with van der Waals surface area (Å²) in [5.74, 6) is 2.17. The Morgan fingerprint density at radius 3 is 2.30 bits per heavy atom. The summed E-state index contributed by atoms with van der Waals surface area (Å²) in [5, 5.41) is 0. The van der Waals surface area contributed by atoms with Crippen LogP contribution in [0.25, 0.3) is 0 Å². The van der Waals surface area contributed by atoms with E-state index in [1.54, 1.807) is 0 Å². The first-order valence-electron chi connectivity index (χ1n) is 4.86. The molecule has 0 saturated heterocycles. The second kappa shape index (κ2) is 4.00. The van der Waals surface area contributed by atoms with Crippen LogP contribution in [0.3, 0.4) is 0 Å². The lowest BCUT2D eigenvalue weighted by molar-refractivity contribution is 0.453. The van der Waals surface area contributed by atoms with Crippen LogP contribution in [-0.2, 0) is 0 Å². The monoisotopic (exact) mass is 140 g/mol. The van der Waals surface area contributed by atoms with Gasteiger partial charge >= 0.3 is 0 Å². The van der Waals surface area contributed by atoms with Crippen LogP contribution in [0.4, 0.5) is 0 Å². The SMILES string of the molecule is CCC[C@@H]1CC[C@H](CC)C1. The molecular formula is C10H20. The normalized spacial score (nSPS) is 33.0. The summed E-state index contributed by atoms with van der Waals surface area (Å²) in [7, 11) is 0. The minimum absolute atomic E-state index is 1.08. The van der Waals surface area contributed by atoms with Crippen LogP contribution in [0.2, 0.25) is 0 Å². The van der Waals surface area contributed by atoms with Crippen molar-refractivity contribution in [1.29, 1.82) is 0 Å². The fourth-order valence-corrected chi connectivity index (χ4v) is 2.22. The molecule has 2 atom stereocenters. The predicted molar refractivity (Wildman–Crippen MR) is 46.0 cm³/mol. The fourth-order valence-electron chi connectivity index (χ4n) is 2.22. The standard InChI is InChI=1S/C10H20/c1-3-5-10-7-6-9(4-2)8-10/h9-10H,3-8H2,1-2H3/t9-,10+/m0/s1. The van der Waals surface area contributed by atoms with Gasteiger partial charge in [-0.25, -0.2) is 0 Å². The van der Waals surface area contributed by atoms with Gasteiger partial charge in [0.05, 0.1) is 0 Å². The Labute approximate surface area is 65.0 Å². The smallest absolute Gasteiger partial charge is 0.0412 e. The quantitative estimate of drug-likeness (QED) is 0.561. The van der Waals surface area contributed by atoms with E-state index in [1.807, 2.05) is 0 Å². The first-order chi connectivity index (χ1) is 4.86. The average molecular weight is 140 g/mol. The Morgan fingerprint density at radius 1 is 1.10 bits per heavy atom. The van der Waals surface area contributed by atoms with Gasteiger partial charge in [0.25, 0.3) is 0 Å². The van der Waals surface area contributed by atoms with Crippen LogP contribution >= 0.6 is 0 Å². The molecule has 1 aliphatic carbocycles. The number of rotatable bonds is 3. The molecule has 0 aliphatic heterocycles. The zero-order chi connectivity index (χ0) is 7.40. The zero-order valence-electron chi connectivity index (χ0n) is 7.40. The van der Waals surface area contributed by atoms with Crippen molar-refractivity contribution < 1.29 is 0 Å². The van der Waals surface area contributed by atoms with Gasteiger partial charge in [0.2, 0.25) is 0 Å². The molecule has 1 fully saturated rings. The maximum atomic E-state index is 2.33. The Hall–Kier alpha value is 0. The van der Waals surface area contributed by atoms with Crippen LogP contribution in [0.5, 0.6) is 0 Å². The molecule has 0 unspecified atom stereocenters. The van der Waals surface area contributed by atoms with Crippen molar-refractivity contribution in [3.8, 4) is 0 Å². The molecule has 0 amide bonds. The lowest BCUT2D eigenvalue weighted by Crippen LogP contribution is -1.94. The number of hydrogen-bond donors (Lipinski definition) is 0. The summed E-state index contributed by atoms with van der Waals surface area (Å²) < 4.78 is 0. The van der Waals surface area contributed by atoms with E-state index in [-0.39, 0.29) is 0 Å². The molecule has 0 aromatic carbocycles. The van der Waals surface area contributed by atoms with E-state index in [0.29, 0.717) is 0 Å². The van der Waals surface area contributed by atoms with Crippen LogP contribution in [0.1, 0.15) is 52.4 Å². The van der Waals surface area contributed by atoms with Gasteiger partial charge in [-0.05, 0) is 18.3 Å². The molecule has 0 N–H and O–H groups in total. The molecule has 1 saturated carbocycles. The third kappa shape index (κ3) is 2.00. The van der Waals surface area contributed by atoms with Crippen molar-refractivity contribution in [3.05, 3.63) is 0 Å². The second-order valence-corrected chi connectivity index (χ2v) is 3.74. The van der Waals surface area contributed by atoms with E-state index < -0.39 is 0 Å². The summed E-state index contributed by atoms with van der Waals surface area (Å²) in [5.41, 5.74) is 0. The Kier molecular flexibility index (Phi) is 3.24. The molecular weight excluding hydrogens is 120 g/mol. The highest BCUT2D eigenvalue weighted by Gasteiger charge is 2.21. The highest BCUT2D eigenvalue weighted by molar-refractivity contribution is 4.73.